The summed E-state index contributed by atoms with van der Waals surface area (Å²) in [7, 11) is 0. The van der Waals surface area contributed by atoms with Crippen molar-refractivity contribution in [1.29, 1.82) is 0 Å². The molecule has 2 atom stereocenters. The normalized spacial score (nSPS) is 14.7. The highest BCUT2D eigenvalue weighted by molar-refractivity contribution is 7.98. The molecule has 110 valence electrons. The third kappa shape index (κ3) is 12.7. The van der Waals surface area contributed by atoms with Crippen molar-refractivity contribution in [2.75, 3.05) is 31.8 Å². The average molecular weight is 277 g/mol. The molecule has 18 heavy (non-hydrogen) atoms. The Morgan fingerprint density at radius 2 is 2.06 bits per heavy atom. The van der Waals surface area contributed by atoms with Gasteiger partial charge in [0, 0.05) is 19.2 Å². The van der Waals surface area contributed by atoms with Crippen molar-refractivity contribution in [2.24, 2.45) is 0 Å². The third-order valence-electron chi connectivity index (χ3n) is 2.91. The maximum absolute atomic E-state index is 9.73. The number of hydrogen-bond acceptors (Lipinski definition) is 4. The van der Waals surface area contributed by atoms with Gasteiger partial charge in [-0.1, -0.05) is 26.2 Å². The molecule has 0 aromatic heterocycles. The molecule has 0 aliphatic rings. The summed E-state index contributed by atoms with van der Waals surface area (Å²) in [5.74, 6) is 1.16. The van der Waals surface area contributed by atoms with Crippen LogP contribution in [0.1, 0.15) is 46.0 Å². The summed E-state index contributed by atoms with van der Waals surface area (Å²) in [5.41, 5.74) is 0. The fraction of sp³-hybridized carbons (Fsp3) is 1.00. The number of nitrogens with one attached hydrogen (secondary N) is 1. The van der Waals surface area contributed by atoms with Crippen LogP contribution in [0.4, 0.5) is 0 Å². The van der Waals surface area contributed by atoms with Crippen molar-refractivity contribution in [1.82, 2.24) is 5.32 Å². The minimum absolute atomic E-state index is 0.382. The van der Waals surface area contributed by atoms with Crippen molar-refractivity contribution in [3.8, 4) is 0 Å². The quantitative estimate of drug-likeness (QED) is 0.508. The SMILES string of the molecule is CCCCCCOCC(O)CNC(C)CCSC. The highest BCUT2D eigenvalue weighted by atomic mass is 32.2. The summed E-state index contributed by atoms with van der Waals surface area (Å²) >= 11 is 1.86. The van der Waals surface area contributed by atoms with Crippen LogP contribution in [-0.2, 0) is 4.74 Å². The van der Waals surface area contributed by atoms with Crippen molar-refractivity contribution in [3.63, 3.8) is 0 Å². The minimum atomic E-state index is -0.382. The summed E-state index contributed by atoms with van der Waals surface area (Å²) in [6.45, 7) is 6.22. The molecular weight excluding hydrogens is 246 g/mol. The van der Waals surface area contributed by atoms with Crippen LogP contribution < -0.4 is 5.32 Å². The van der Waals surface area contributed by atoms with Crippen LogP contribution in [0.5, 0.6) is 0 Å². The van der Waals surface area contributed by atoms with E-state index in [-0.39, 0.29) is 6.10 Å². The number of rotatable bonds is 13. The van der Waals surface area contributed by atoms with Crippen LogP contribution in [0, 0.1) is 0 Å². The van der Waals surface area contributed by atoms with Gasteiger partial charge in [0.05, 0.1) is 12.7 Å². The molecule has 2 unspecified atom stereocenters. The molecule has 0 heterocycles. The van der Waals surface area contributed by atoms with Gasteiger partial charge in [0.25, 0.3) is 0 Å². The lowest BCUT2D eigenvalue weighted by atomic mass is 10.2. The number of ether oxygens (including phenoxy) is 1. The van der Waals surface area contributed by atoms with Crippen LogP contribution in [0.2, 0.25) is 0 Å². The van der Waals surface area contributed by atoms with E-state index >= 15 is 0 Å². The first-order valence-electron chi connectivity index (χ1n) is 7.18. The Hall–Kier alpha value is 0.230. The average Bonchev–Trinajstić information content (AvgIpc) is 2.38. The molecule has 0 radical (unpaired) electrons. The monoisotopic (exact) mass is 277 g/mol. The fourth-order valence-corrected chi connectivity index (χ4v) is 2.23. The van der Waals surface area contributed by atoms with Gasteiger partial charge in [-0.2, -0.15) is 11.8 Å². The van der Waals surface area contributed by atoms with E-state index in [2.05, 4.69) is 25.4 Å². The Morgan fingerprint density at radius 1 is 1.28 bits per heavy atom. The highest BCUT2D eigenvalue weighted by Gasteiger charge is 2.06. The van der Waals surface area contributed by atoms with E-state index in [1.807, 2.05) is 11.8 Å². The van der Waals surface area contributed by atoms with E-state index in [9.17, 15) is 5.11 Å². The smallest absolute Gasteiger partial charge is 0.0897 e. The van der Waals surface area contributed by atoms with Gasteiger partial charge in [-0.25, -0.2) is 0 Å². The van der Waals surface area contributed by atoms with Gasteiger partial charge < -0.3 is 15.2 Å². The molecule has 0 saturated carbocycles. The first-order chi connectivity index (χ1) is 8.70. The highest BCUT2D eigenvalue weighted by Crippen LogP contribution is 2.01. The van der Waals surface area contributed by atoms with E-state index in [0.29, 0.717) is 19.2 Å². The van der Waals surface area contributed by atoms with Crippen LogP contribution in [0.3, 0.4) is 0 Å². The maximum atomic E-state index is 9.73. The number of hydrogen-bond donors (Lipinski definition) is 2. The molecule has 0 aromatic carbocycles. The van der Waals surface area contributed by atoms with E-state index in [1.165, 1.54) is 19.3 Å². The summed E-state index contributed by atoms with van der Waals surface area (Å²) in [6, 6.07) is 0.469. The molecule has 0 saturated heterocycles. The second-order valence-corrected chi connectivity index (χ2v) is 5.87. The Bertz CT molecular complexity index is 170. The van der Waals surface area contributed by atoms with E-state index in [4.69, 9.17) is 4.74 Å². The number of thioether (sulfide) groups is 1. The molecule has 2 N–H and O–H groups in total. The van der Waals surface area contributed by atoms with Gasteiger partial charge in [0.1, 0.15) is 0 Å². The van der Waals surface area contributed by atoms with Gasteiger partial charge in [0.2, 0.25) is 0 Å². The Balaban J connectivity index is 3.28. The molecule has 4 heteroatoms. The Labute approximate surface area is 117 Å². The van der Waals surface area contributed by atoms with Crippen LogP contribution in [-0.4, -0.2) is 49.0 Å². The topological polar surface area (TPSA) is 41.5 Å². The predicted molar refractivity (Wildman–Crippen MR) is 81.4 cm³/mol. The lowest BCUT2D eigenvalue weighted by Gasteiger charge is -2.17. The second-order valence-electron chi connectivity index (χ2n) is 4.88. The Kier molecular flexibility index (Phi) is 13.8. The lowest BCUT2D eigenvalue weighted by Crippen LogP contribution is -2.36. The zero-order chi connectivity index (χ0) is 13.6. The van der Waals surface area contributed by atoms with Gasteiger partial charge in [0.15, 0.2) is 0 Å². The minimum Gasteiger partial charge on any atom is -0.389 e. The summed E-state index contributed by atoms with van der Waals surface area (Å²) in [6.07, 6.45) is 7.75. The van der Waals surface area contributed by atoms with Gasteiger partial charge in [-0.15, -0.1) is 0 Å². The molecule has 3 nitrogen and oxygen atoms in total. The molecule has 0 amide bonds. The molecule has 0 aliphatic heterocycles. The van der Waals surface area contributed by atoms with Crippen molar-refractivity contribution < 1.29 is 9.84 Å². The molecule has 0 rings (SSSR count). The number of aliphatic hydroxyl groups excluding tert-OH is 1. The molecule has 0 spiro atoms. The zero-order valence-corrected chi connectivity index (χ0v) is 13.1. The van der Waals surface area contributed by atoms with Gasteiger partial charge in [-0.05, 0) is 31.8 Å². The molecule has 0 fully saturated rings. The fourth-order valence-electron chi connectivity index (χ4n) is 1.64. The van der Waals surface area contributed by atoms with Crippen molar-refractivity contribution in [3.05, 3.63) is 0 Å². The van der Waals surface area contributed by atoms with Crippen molar-refractivity contribution >= 4 is 11.8 Å². The lowest BCUT2D eigenvalue weighted by molar-refractivity contribution is 0.0343. The van der Waals surface area contributed by atoms with E-state index < -0.39 is 0 Å². The summed E-state index contributed by atoms with van der Waals surface area (Å²) in [4.78, 5) is 0. The first kappa shape index (κ1) is 18.2. The summed E-state index contributed by atoms with van der Waals surface area (Å²) < 4.78 is 5.46. The summed E-state index contributed by atoms with van der Waals surface area (Å²) in [5, 5.41) is 13.1. The number of unbranched alkanes of at least 4 members (excludes halogenated alkanes) is 3. The Morgan fingerprint density at radius 3 is 2.72 bits per heavy atom. The zero-order valence-electron chi connectivity index (χ0n) is 12.3. The van der Waals surface area contributed by atoms with E-state index in [1.54, 1.807) is 0 Å². The van der Waals surface area contributed by atoms with Crippen LogP contribution >= 0.6 is 11.8 Å². The van der Waals surface area contributed by atoms with Crippen molar-refractivity contribution in [2.45, 2.75) is 58.1 Å². The molecule has 0 aliphatic carbocycles. The van der Waals surface area contributed by atoms with E-state index in [0.717, 1.165) is 25.2 Å². The standard InChI is InChI=1S/C14H31NO2S/c1-4-5-6-7-9-17-12-14(16)11-15-13(2)8-10-18-3/h13-16H,4-12H2,1-3H3. The molecule has 0 bridgehead atoms. The maximum Gasteiger partial charge on any atom is 0.0897 e. The second kappa shape index (κ2) is 13.7. The number of aliphatic hydroxyl groups is 1. The third-order valence-corrected chi connectivity index (χ3v) is 3.55. The largest absolute Gasteiger partial charge is 0.389 e. The van der Waals surface area contributed by atoms with Crippen LogP contribution in [0.25, 0.3) is 0 Å². The van der Waals surface area contributed by atoms with Gasteiger partial charge >= 0.3 is 0 Å². The van der Waals surface area contributed by atoms with Gasteiger partial charge in [-0.3, -0.25) is 0 Å². The first-order valence-corrected chi connectivity index (χ1v) is 8.58. The van der Waals surface area contributed by atoms with Crippen LogP contribution in [0.15, 0.2) is 0 Å². The molecule has 0 aromatic rings. The predicted octanol–water partition coefficient (Wildman–Crippen LogP) is 2.68. The molecular formula is C14H31NO2S.